The molecule has 0 saturated carbocycles. The molecule has 0 aliphatic carbocycles. The molecule has 2 aromatic rings. The fourth-order valence-electron chi connectivity index (χ4n) is 1.41. The third-order valence-electron chi connectivity index (χ3n) is 2.28. The van der Waals surface area contributed by atoms with Crippen molar-refractivity contribution in [2.45, 2.75) is 0 Å². The molecule has 0 aliphatic heterocycles. The molecule has 19 heavy (non-hydrogen) atoms. The quantitative estimate of drug-likeness (QED) is 0.827. The molecule has 2 rings (SSSR count). The topological polar surface area (TPSA) is 100 Å². The summed E-state index contributed by atoms with van der Waals surface area (Å²) >= 11 is 0. The van der Waals surface area contributed by atoms with Crippen LogP contribution in [-0.4, -0.2) is 69.9 Å². The Bertz CT molecular complexity index is 585. The fraction of sp³-hybridized carbons (Fsp3) is 0. The van der Waals surface area contributed by atoms with E-state index in [1.807, 2.05) is 0 Å². The number of aromatic nitrogens is 2. The van der Waals surface area contributed by atoms with E-state index in [2.05, 4.69) is 9.97 Å². The van der Waals surface area contributed by atoms with Gasteiger partial charge in [0.1, 0.15) is 0 Å². The van der Waals surface area contributed by atoms with E-state index in [-0.39, 0.29) is 51.7 Å². The molecular formula is C12H10CaN2O4. The van der Waals surface area contributed by atoms with Gasteiger partial charge in [0.05, 0.1) is 22.5 Å². The molecule has 2 aromatic heterocycles. The first-order valence-electron chi connectivity index (χ1n) is 4.97. The molecular weight excluding hydrogens is 276 g/mol. The number of carboxylic acids is 2. The Morgan fingerprint density at radius 3 is 1.58 bits per heavy atom. The molecule has 0 amide bonds. The van der Waals surface area contributed by atoms with Gasteiger partial charge in [0.15, 0.2) is 0 Å². The fourth-order valence-corrected chi connectivity index (χ4v) is 1.41. The van der Waals surface area contributed by atoms with Crippen LogP contribution in [0.2, 0.25) is 0 Å². The van der Waals surface area contributed by atoms with E-state index in [0.717, 1.165) is 0 Å². The normalized spacial score (nSPS) is 9.47. The van der Waals surface area contributed by atoms with Gasteiger partial charge in [0, 0.05) is 12.4 Å². The Morgan fingerprint density at radius 1 is 0.895 bits per heavy atom. The Balaban J connectivity index is 0. The number of carbonyl (C=O) groups is 2. The zero-order chi connectivity index (χ0) is 13.1. The number of nitrogens with zero attached hydrogens (tertiary/aromatic N) is 2. The van der Waals surface area contributed by atoms with E-state index in [1.54, 1.807) is 0 Å². The van der Waals surface area contributed by atoms with Crippen molar-refractivity contribution < 1.29 is 22.7 Å². The van der Waals surface area contributed by atoms with E-state index in [4.69, 9.17) is 10.2 Å². The van der Waals surface area contributed by atoms with Crippen LogP contribution in [-0.2, 0) is 0 Å². The first kappa shape index (κ1) is 15.6. The third kappa shape index (κ3) is 3.73. The minimum Gasteiger partial charge on any atom is -1.00 e. The van der Waals surface area contributed by atoms with Gasteiger partial charge in [0.25, 0.3) is 0 Å². The van der Waals surface area contributed by atoms with E-state index in [9.17, 15) is 9.59 Å². The van der Waals surface area contributed by atoms with E-state index >= 15 is 0 Å². The summed E-state index contributed by atoms with van der Waals surface area (Å²) in [7, 11) is 0. The maximum atomic E-state index is 10.8. The van der Waals surface area contributed by atoms with Crippen LogP contribution >= 0.6 is 0 Å². The molecule has 0 unspecified atom stereocenters. The predicted octanol–water partition coefficient (Wildman–Crippen LogP) is 1.38. The number of rotatable bonds is 3. The van der Waals surface area contributed by atoms with Crippen molar-refractivity contribution in [2.75, 3.05) is 0 Å². The summed E-state index contributed by atoms with van der Waals surface area (Å²) < 4.78 is 0. The van der Waals surface area contributed by atoms with Crippen LogP contribution < -0.4 is 0 Å². The van der Waals surface area contributed by atoms with Gasteiger partial charge in [-0.25, -0.2) is 9.59 Å². The van der Waals surface area contributed by atoms with Crippen molar-refractivity contribution in [3.63, 3.8) is 0 Å². The number of hydrogen-bond donors (Lipinski definition) is 2. The van der Waals surface area contributed by atoms with Crippen LogP contribution in [0.25, 0.3) is 11.4 Å². The summed E-state index contributed by atoms with van der Waals surface area (Å²) in [6.07, 6.45) is 2.68. The number of aromatic carboxylic acids is 2. The summed E-state index contributed by atoms with van der Waals surface area (Å²) in [6.45, 7) is 0. The Hall–Kier alpha value is -1.50. The molecule has 7 heteroatoms. The molecule has 94 valence electrons. The molecule has 0 saturated heterocycles. The van der Waals surface area contributed by atoms with Crippen LogP contribution in [0.15, 0.2) is 36.7 Å². The predicted molar refractivity (Wildman–Crippen MR) is 69.4 cm³/mol. The second kappa shape index (κ2) is 6.60. The van der Waals surface area contributed by atoms with Crippen LogP contribution in [0.4, 0.5) is 0 Å². The maximum absolute atomic E-state index is 10.8. The maximum Gasteiger partial charge on any atom is 2.00 e. The molecule has 0 radical (unpaired) electrons. The van der Waals surface area contributed by atoms with Crippen LogP contribution in [0.5, 0.6) is 0 Å². The first-order chi connectivity index (χ1) is 8.58. The minimum absolute atomic E-state index is 0. The summed E-state index contributed by atoms with van der Waals surface area (Å²) in [5.41, 5.74) is 0.779. The molecule has 2 heterocycles. The summed E-state index contributed by atoms with van der Waals surface area (Å²) in [5.74, 6) is -2.15. The SMILES string of the molecule is O=C(O)c1ccnc(-c2cc(C(=O)O)ccn2)c1.[Ca+2].[H-].[H-]. The number of pyridine rings is 2. The Labute approximate surface area is 141 Å². The molecule has 0 bridgehead atoms. The van der Waals surface area contributed by atoms with Crippen molar-refractivity contribution in [1.82, 2.24) is 9.97 Å². The van der Waals surface area contributed by atoms with Gasteiger partial charge in [-0.1, -0.05) is 0 Å². The van der Waals surface area contributed by atoms with Crippen molar-refractivity contribution in [2.24, 2.45) is 0 Å². The van der Waals surface area contributed by atoms with Crippen molar-refractivity contribution in [3.8, 4) is 11.4 Å². The monoisotopic (exact) mass is 286 g/mol. The molecule has 0 atom stereocenters. The molecule has 2 N–H and O–H groups in total. The van der Waals surface area contributed by atoms with Gasteiger partial charge in [0.2, 0.25) is 0 Å². The van der Waals surface area contributed by atoms with E-state index in [0.29, 0.717) is 11.4 Å². The first-order valence-corrected chi connectivity index (χ1v) is 4.97. The van der Waals surface area contributed by atoms with Crippen molar-refractivity contribution in [3.05, 3.63) is 47.8 Å². The van der Waals surface area contributed by atoms with Crippen molar-refractivity contribution >= 4 is 49.7 Å². The van der Waals surface area contributed by atoms with Gasteiger partial charge < -0.3 is 13.1 Å². The minimum atomic E-state index is -1.08. The second-order valence-electron chi connectivity index (χ2n) is 3.47. The number of carboxylic acid groups (broad SMARTS) is 2. The summed E-state index contributed by atoms with van der Waals surface area (Å²) in [4.78, 5) is 29.6. The smallest absolute Gasteiger partial charge is 1.00 e. The summed E-state index contributed by atoms with van der Waals surface area (Å²) in [6, 6.07) is 5.40. The zero-order valence-corrected chi connectivity index (χ0v) is 12.0. The van der Waals surface area contributed by atoms with Gasteiger partial charge >= 0.3 is 49.7 Å². The molecule has 0 spiro atoms. The zero-order valence-electron chi connectivity index (χ0n) is 11.8. The van der Waals surface area contributed by atoms with Crippen molar-refractivity contribution in [1.29, 1.82) is 0 Å². The summed E-state index contributed by atoms with van der Waals surface area (Å²) in [5, 5.41) is 17.7. The van der Waals surface area contributed by atoms with Gasteiger partial charge in [-0.3, -0.25) is 9.97 Å². The van der Waals surface area contributed by atoms with Crippen LogP contribution in [0.1, 0.15) is 23.6 Å². The molecule has 6 nitrogen and oxygen atoms in total. The number of hydrogen-bond acceptors (Lipinski definition) is 4. The Kier molecular flexibility index (Phi) is 5.41. The van der Waals surface area contributed by atoms with Crippen LogP contribution in [0.3, 0.4) is 0 Å². The average molecular weight is 286 g/mol. The largest absolute Gasteiger partial charge is 2.00 e. The molecule has 0 aromatic carbocycles. The van der Waals surface area contributed by atoms with Gasteiger partial charge in [-0.15, -0.1) is 0 Å². The third-order valence-corrected chi connectivity index (χ3v) is 2.28. The van der Waals surface area contributed by atoms with E-state index in [1.165, 1.54) is 36.7 Å². The second-order valence-corrected chi connectivity index (χ2v) is 3.47. The van der Waals surface area contributed by atoms with Gasteiger partial charge in [-0.05, 0) is 24.3 Å². The molecule has 0 fully saturated rings. The van der Waals surface area contributed by atoms with Crippen LogP contribution in [0, 0.1) is 0 Å². The van der Waals surface area contributed by atoms with E-state index < -0.39 is 11.9 Å². The standard InChI is InChI=1S/C12H8N2O4.Ca.2H/c15-11(16)7-1-3-13-9(5-7)10-6-8(12(17)18)2-4-14-10;;;/h1-6H,(H,15,16)(H,17,18);;;/q;+2;2*-1. The van der Waals surface area contributed by atoms with Gasteiger partial charge in [-0.2, -0.15) is 0 Å². The molecule has 0 aliphatic rings. The average Bonchev–Trinajstić information content (AvgIpc) is 2.39. The Morgan fingerprint density at radius 2 is 1.26 bits per heavy atom.